The van der Waals surface area contributed by atoms with Crippen LogP contribution in [0.15, 0.2) is 48.7 Å². The molecule has 0 saturated heterocycles. The van der Waals surface area contributed by atoms with Gasteiger partial charge in [-0.15, -0.1) is 0 Å². The van der Waals surface area contributed by atoms with Crippen molar-refractivity contribution < 1.29 is 13.9 Å². The number of nitrogens with zero attached hydrogens (tertiary/aromatic N) is 1. The molecule has 0 aliphatic rings. The van der Waals surface area contributed by atoms with Gasteiger partial charge in [-0.2, -0.15) is 0 Å². The Morgan fingerprint density at radius 2 is 1.94 bits per heavy atom. The molecule has 0 N–H and O–H groups in total. The van der Waals surface area contributed by atoms with Crippen molar-refractivity contribution in [2.75, 3.05) is 0 Å². The van der Waals surface area contributed by atoms with Gasteiger partial charge >= 0.3 is 5.97 Å². The highest BCUT2D eigenvalue weighted by atomic mass is 19.1. The highest BCUT2D eigenvalue weighted by Crippen LogP contribution is 2.08. The molecule has 2 aromatic rings. The van der Waals surface area contributed by atoms with Gasteiger partial charge in [-0.25, -0.2) is 14.2 Å². The number of pyridine rings is 1. The van der Waals surface area contributed by atoms with Crippen LogP contribution in [0.5, 0.6) is 0 Å². The number of halogens is 1. The van der Waals surface area contributed by atoms with Crippen LogP contribution >= 0.6 is 0 Å². The van der Waals surface area contributed by atoms with E-state index in [2.05, 4.69) is 4.98 Å². The molecule has 4 heteroatoms. The van der Waals surface area contributed by atoms with Crippen LogP contribution in [0.2, 0.25) is 0 Å². The van der Waals surface area contributed by atoms with E-state index in [9.17, 15) is 9.18 Å². The number of ether oxygens (including phenoxy) is 1. The van der Waals surface area contributed by atoms with E-state index >= 15 is 0 Å². The Morgan fingerprint density at radius 1 is 1.18 bits per heavy atom. The largest absolute Gasteiger partial charge is 0.456 e. The van der Waals surface area contributed by atoms with Crippen LogP contribution in [-0.2, 0) is 11.3 Å². The first-order valence-corrected chi connectivity index (χ1v) is 5.09. The Bertz CT molecular complexity index is 514. The van der Waals surface area contributed by atoms with E-state index in [-0.39, 0.29) is 18.1 Å². The van der Waals surface area contributed by atoms with Crippen LogP contribution in [0, 0.1) is 5.82 Å². The molecule has 1 aromatic heterocycles. The maximum Gasteiger partial charge on any atom is 0.357 e. The summed E-state index contributed by atoms with van der Waals surface area (Å²) >= 11 is 0. The highest BCUT2D eigenvalue weighted by Gasteiger charge is 2.09. The first-order valence-electron chi connectivity index (χ1n) is 5.09. The second kappa shape index (κ2) is 5.21. The number of esters is 1. The van der Waals surface area contributed by atoms with Crippen molar-refractivity contribution in [2.45, 2.75) is 6.61 Å². The third-order valence-electron chi connectivity index (χ3n) is 2.19. The molecule has 0 saturated carbocycles. The molecule has 1 aromatic carbocycles. The minimum atomic E-state index is -0.561. The fourth-order valence-electron chi connectivity index (χ4n) is 1.32. The zero-order valence-corrected chi connectivity index (χ0v) is 8.97. The lowest BCUT2D eigenvalue weighted by Crippen LogP contribution is -2.07. The molecule has 0 amide bonds. The summed E-state index contributed by atoms with van der Waals surface area (Å²) in [7, 11) is 0. The standard InChI is InChI=1S/C13H10FNO2/c14-11-6-2-1-5-10(11)9-17-13(16)12-7-3-4-8-15-12/h1-8H,9H2. The third-order valence-corrected chi connectivity index (χ3v) is 2.19. The quantitative estimate of drug-likeness (QED) is 0.762. The lowest BCUT2D eigenvalue weighted by atomic mass is 10.2. The molecule has 0 aliphatic carbocycles. The number of carbonyl (C=O) groups is 1. The van der Waals surface area contributed by atoms with E-state index in [0.29, 0.717) is 5.56 Å². The molecule has 0 fully saturated rings. The molecule has 3 nitrogen and oxygen atoms in total. The lowest BCUT2D eigenvalue weighted by Gasteiger charge is -2.04. The Balaban J connectivity index is 2.00. The van der Waals surface area contributed by atoms with Gasteiger partial charge in [-0.05, 0) is 18.2 Å². The van der Waals surface area contributed by atoms with Crippen LogP contribution in [0.25, 0.3) is 0 Å². The Labute approximate surface area is 97.9 Å². The lowest BCUT2D eigenvalue weighted by molar-refractivity contribution is 0.0462. The predicted molar refractivity (Wildman–Crippen MR) is 59.8 cm³/mol. The number of rotatable bonds is 3. The smallest absolute Gasteiger partial charge is 0.357 e. The van der Waals surface area contributed by atoms with Gasteiger partial charge in [0, 0.05) is 11.8 Å². The Morgan fingerprint density at radius 3 is 2.65 bits per heavy atom. The number of hydrogen-bond donors (Lipinski definition) is 0. The van der Waals surface area contributed by atoms with Crippen molar-refractivity contribution in [3.63, 3.8) is 0 Å². The number of carbonyl (C=O) groups excluding carboxylic acids is 1. The Kier molecular flexibility index (Phi) is 3.45. The fraction of sp³-hybridized carbons (Fsp3) is 0.0769. The van der Waals surface area contributed by atoms with Crippen LogP contribution in [0.4, 0.5) is 4.39 Å². The maximum absolute atomic E-state index is 13.2. The fourth-order valence-corrected chi connectivity index (χ4v) is 1.32. The molecule has 0 atom stereocenters. The summed E-state index contributed by atoms with van der Waals surface area (Å²) in [5.74, 6) is -0.949. The van der Waals surface area contributed by atoms with Crippen molar-refractivity contribution >= 4 is 5.97 Å². The topological polar surface area (TPSA) is 39.2 Å². The van der Waals surface area contributed by atoms with Crippen molar-refractivity contribution in [1.29, 1.82) is 0 Å². The molecule has 17 heavy (non-hydrogen) atoms. The van der Waals surface area contributed by atoms with Crippen LogP contribution < -0.4 is 0 Å². The van der Waals surface area contributed by atoms with Gasteiger partial charge in [-0.3, -0.25) is 0 Å². The minimum Gasteiger partial charge on any atom is -0.456 e. The molecule has 2 rings (SSSR count). The van der Waals surface area contributed by atoms with Gasteiger partial charge < -0.3 is 4.74 Å². The minimum absolute atomic E-state index is 0.0952. The van der Waals surface area contributed by atoms with Crippen molar-refractivity contribution in [3.8, 4) is 0 Å². The third kappa shape index (κ3) is 2.87. The summed E-state index contributed by atoms with van der Waals surface area (Å²) in [6.07, 6.45) is 1.50. The first kappa shape index (κ1) is 11.3. The molecule has 1 heterocycles. The van der Waals surface area contributed by atoms with E-state index in [1.165, 1.54) is 12.3 Å². The van der Waals surface area contributed by atoms with Gasteiger partial charge in [0.25, 0.3) is 0 Å². The molecule has 0 radical (unpaired) electrons. The van der Waals surface area contributed by atoms with Gasteiger partial charge in [0.2, 0.25) is 0 Å². The SMILES string of the molecule is O=C(OCc1ccccc1F)c1ccccn1. The molecule has 0 bridgehead atoms. The second-order valence-electron chi connectivity index (χ2n) is 3.38. The summed E-state index contributed by atoms with van der Waals surface area (Å²) in [5.41, 5.74) is 0.556. The summed E-state index contributed by atoms with van der Waals surface area (Å²) in [6, 6.07) is 11.1. The van der Waals surface area contributed by atoms with Gasteiger partial charge in [0.1, 0.15) is 18.1 Å². The average Bonchev–Trinajstić information content (AvgIpc) is 2.38. The van der Waals surface area contributed by atoms with Crippen LogP contribution in [0.1, 0.15) is 16.1 Å². The average molecular weight is 231 g/mol. The van der Waals surface area contributed by atoms with Gasteiger partial charge in [0.15, 0.2) is 0 Å². The maximum atomic E-state index is 13.2. The molecule has 0 unspecified atom stereocenters. The molecule has 0 aliphatic heterocycles. The number of hydrogen-bond acceptors (Lipinski definition) is 3. The molecule has 86 valence electrons. The van der Waals surface area contributed by atoms with Crippen molar-refractivity contribution in [3.05, 3.63) is 65.7 Å². The zero-order chi connectivity index (χ0) is 12.1. The monoisotopic (exact) mass is 231 g/mol. The summed E-state index contributed by atoms with van der Waals surface area (Å²) in [5, 5.41) is 0. The molecular weight excluding hydrogens is 221 g/mol. The van der Waals surface area contributed by atoms with E-state index < -0.39 is 5.97 Å². The van der Waals surface area contributed by atoms with E-state index in [4.69, 9.17) is 4.74 Å². The van der Waals surface area contributed by atoms with E-state index in [0.717, 1.165) is 0 Å². The second-order valence-corrected chi connectivity index (χ2v) is 3.38. The summed E-state index contributed by atoms with van der Waals surface area (Å²) in [6.45, 7) is -0.0952. The first-order chi connectivity index (χ1) is 8.27. The highest BCUT2D eigenvalue weighted by molar-refractivity contribution is 5.87. The number of benzene rings is 1. The van der Waals surface area contributed by atoms with E-state index in [1.54, 1.807) is 36.4 Å². The molecular formula is C13H10FNO2. The summed E-state index contributed by atoms with van der Waals surface area (Å²) < 4.78 is 18.2. The zero-order valence-electron chi connectivity index (χ0n) is 8.97. The predicted octanol–water partition coefficient (Wildman–Crippen LogP) is 2.58. The van der Waals surface area contributed by atoms with Crippen molar-refractivity contribution in [2.24, 2.45) is 0 Å². The molecule has 0 spiro atoms. The van der Waals surface area contributed by atoms with Crippen molar-refractivity contribution in [1.82, 2.24) is 4.98 Å². The van der Waals surface area contributed by atoms with Crippen LogP contribution in [-0.4, -0.2) is 11.0 Å². The van der Waals surface area contributed by atoms with Gasteiger partial charge in [0.05, 0.1) is 0 Å². The van der Waals surface area contributed by atoms with Gasteiger partial charge in [-0.1, -0.05) is 24.3 Å². The van der Waals surface area contributed by atoms with Crippen LogP contribution in [0.3, 0.4) is 0 Å². The number of aromatic nitrogens is 1. The Hall–Kier alpha value is -2.23. The van der Waals surface area contributed by atoms with E-state index in [1.807, 2.05) is 0 Å². The normalized spacial score (nSPS) is 9.94. The summed E-state index contributed by atoms with van der Waals surface area (Å²) in [4.78, 5) is 15.4.